The summed E-state index contributed by atoms with van der Waals surface area (Å²) >= 11 is 0. The fourth-order valence-electron chi connectivity index (χ4n) is 4.90. The quantitative estimate of drug-likeness (QED) is 0.515. The molecule has 0 unspecified atom stereocenters. The molecule has 35 heavy (non-hydrogen) atoms. The number of nitrogens with zero attached hydrogens (tertiary/aromatic N) is 3. The summed E-state index contributed by atoms with van der Waals surface area (Å²) in [5.41, 5.74) is 4.37. The third kappa shape index (κ3) is 4.12. The average molecular weight is 476 g/mol. The van der Waals surface area contributed by atoms with E-state index in [-0.39, 0.29) is 36.9 Å². The van der Waals surface area contributed by atoms with Crippen LogP contribution in [-0.2, 0) is 16.6 Å². The van der Waals surface area contributed by atoms with Crippen LogP contribution in [0.2, 0.25) is 0 Å². The van der Waals surface area contributed by atoms with Gasteiger partial charge in [0.1, 0.15) is 18.2 Å². The third-order valence-corrected chi connectivity index (χ3v) is 6.45. The zero-order valence-electron chi connectivity index (χ0n) is 18.9. The summed E-state index contributed by atoms with van der Waals surface area (Å²) in [5, 5.41) is 25.9. The number of ether oxygens (including phenoxy) is 1. The number of nitrogens with one attached hydrogen (secondary N) is 1. The van der Waals surface area contributed by atoms with E-state index in [1.807, 2.05) is 48.5 Å². The topological polar surface area (TPSA) is 134 Å². The van der Waals surface area contributed by atoms with Crippen molar-refractivity contribution in [2.45, 2.75) is 24.5 Å². The van der Waals surface area contributed by atoms with E-state index >= 15 is 0 Å². The predicted molar refractivity (Wildman–Crippen MR) is 125 cm³/mol. The highest BCUT2D eigenvalue weighted by Gasteiger charge is 2.40. The maximum Gasteiger partial charge on any atom is 0.412 e. The van der Waals surface area contributed by atoms with Gasteiger partial charge in [-0.2, -0.15) is 5.10 Å². The van der Waals surface area contributed by atoms with E-state index in [1.165, 1.54) is 10.9 Å². The van der Waals surface area contributed by atoms with Gasteiger partial charge in [-0.25, -0.2) is 9.59 Å². The van der Waals surface area contributed by atoms with Gasteiger partial charge >= 0.3 is 12.1 Å². The number of fused-ring (bicyclic) bond motifs is 3. The third-order valence-electron chi connectivity index (χ3n) is 6.45. The minimum Gasteiger partial charge on any atom is -0.480 e. The molecule has 0 spiro atoms. The Bertz CT molecular complexity index is 1270. The van der Waals surface area contributed by atoms with E-state index < -0.39 is 30.1 Å². The van der Waals surface area contributed by atoms with Crippen LogP contribution in [0.4, 0.5) is 10.6 Å². The number of aliphatic carboxylic acids is 1. The summed E-state index contributed by atoms with van der Waals surface area (Å²) in [6.45, 7) is -0.0234. The molecule has 2 aliphatic rings. The molecule has 1 saturated heterocycles. The number of hydrogen-bond acceptors (Lipinski definition) is 6. The van der Waals surface area contributed by atoms with Gasteiger partial charge in [-0.05, 0) is 22.3 Å². The second kappa shape index (κ2) is 8.88. The first-order valence-electron chi connectivity index (χ1n) is 11.2. The number of aromatic nitrogens is 2. The number of carbonyl (C=O) groups is 3. The van der Waals surface area contributed by atoms with Crippen molar-refractivity contribution in [2.75, 3.05) is 18.5 Å². The Balaban J connectivity index is 1.31. The van der Waals surface area contributed by atoms with Crippen LogP contribution in [0.5, 0.6) is 0 Å². The number of β-amino-alcohol motifs (C(OH)–C–C–N with tert-alkyl or cyclic N) is 1. The van der Waals surface area contributed by atoms with Crippen LogP contribution in [0.3, 0.4) is 0 Å². The van der Waals surface area contributed by atoms with Crippen molar-refractivity contribution in [1.82, 2.24) is 14.7 Å². The molecule has 2 heterocycles. The average Bonchev–Trinajstić information content (AvgIpc) is 3.50. The van der Waals surface area contributed by atoms with Crippen molar-refractivity contribution in [3.05, 3.63) is 71.4 Å². The van der Waals surface area contributed by atoms with E-state index in [9.17, 15) is 24.6 Å². The summed E-state index contributed by atoms with van der Waals surface area (Å²) in [6.07, 6.45) is -0.382. The number of carbonyl (C=O) groups excluding carboxylic acids is 2. The number of benzene rings is 2. The van der Waals surface area contributed by atoms with E-state index in [0.717, 1.165) is 27.2 Å². The number of likely N-dealkylation sites (tertiary alicyclic amines) is 1. The molecule has 3 N–H and O–H groups in total. The SMILES string of the molecule is Cn1cc(C(=O)N2C[C@H](O)C[C@H]2C(=O)O)c(NC(=O)OCC2c3ccccc3-c3ccccc32)n1. The lowest BCUT2D eigenvalue weighted by Crippen LogP contribution is -2.40. The van der Waals surface area contributed by atoms with Gasteiger partial charge in [0, 0.05) is 32.1 Å². The maximum atomic E-state index is 13.1. The maximum absolute atomic E-state index is 13.1. The van der Waals surface area contributed by atoms with Crippen molar-refractivity contribution in [3.63, 3.8) is 0 Å². The van der Waals surface area contributed by atoms with Crippen LogP contribution in [0, 0.1) is 0 Å². The Morgan fingerprint density at radius 2 is 1.71 bits per heavy atom. The lowest BCUT2D eigenvalue weighted by molar-refractivity contribution is -0.141. The molecule has 10 nitrogen and oxygen atoms in total. The summed E-state index contributed by atoms with van der Waals surface area (Å²) in [6, 6.07) is 14.8. The van der Waals surface area contributed by atoms with Crippen molar-refractivity contribution >= 4 is 23.8 Å². The van der Waals surface area contributed by atoms with E-state index in [1.54, 1.807) is 7.05 Å². The van der Waals surface area contributed by atoms with Gasteiger partial charge in [0.2, 0.25) is 0 Å². The Hall–Kier alpha value is -4.18. The molecule has 5 rings (SSSR count). The summed E-state index contributed by atoms with van der Waals surface area (Å²) in [5.74, 6) is -2.01. The second-order valence-corrected chi connectivity index (χ2v) is 8.72. The number of rotatable bonds is 5. The van der Waals surface area contributed by atoms with Crippen molar-refractivity contribution in [2.24, 2.45) is 7.05 Å². The predicted octanol–water partition coefficient (Wildman–Crippen LogP) is 2.44. The van der Waals surface area contributed by atoms with Gasteiger partial charge in [-0.15, -0.1) is 0 Å². The van der Waals surface area contributed by atoms with Gasteiger partial charge in [0.25, 0.3) is 5.91 Å². The molecule has 1 aliphatic heterocycles. The second-order valence-electron chi connectivity index (χ2n) is 8.72. The fourth-order valence-corrected chi connectivity index (χ4v) is 4.90. The van der Waals surface area contributed by atoms with Gasteiger partial charge in [-0.3, -0.25) is 14.8 Å². The van der Waals surface area contributed by atoms with Crippen LogP contribution in [0.1, 0.15) is 33.8 Å². The van der Waals surface area contributed by atoms with Crippen molar-refractivity contribution in [3.8, 4) is 11.1 Å². The number of aliphatic hydroxyl groups is 1. The molecule has 180 valence electrons. The van der Waals surface area contributed by atoms with E-state index in [0.29, 0.717) is 0 Å². The molecule has 0 radical (unpaired) electrons. The molecule has 0 saturated carbocycles. The Morgan fingerprint density at radius 3 is 2.34 bits per heavy atom. The number of carboxylic acid groups (broad SMARTS) is 1. The lowest BCUT2D eigenvalue weighted by atomic mass is 9.98. The molecular formula is C25H24N4O6. The standard InChI is InChI=1S/C25H24N4O6/c1-28-12-19(23(31)29-11-14(30)10-21(29)24(32)33)22(27-28)26-25(34)35-13-20-17-8-4-2-6-15(17)16-7-3-5-9-18(16)20/h2-9,12,14,20-21,30H,10-11,13H2,1H3,(H,32,33)(H,26,27,34)/t14-,21+/m1/s1. The highest BCUT2D eigenvalue weighted by atomic mass is 16.5. The molecular weight excluding hydrogens is 452 g/mol. The van der Waals surface area contributed by atoms with Gasteiger partial charge < -0.3 is 19.8 Å². The normalized spacial score (nSPS) is 18.7. The molecule has 3 aromatic rings. The van der Waals surface area contributed by atoms with Gasteiger partial charge in [-0.1, -0.05) is 48.5 Å². The Labute approximate surface area is 200 Å². The number of hydrogen-bond donors (Lipinski definition) is 3. The number of aryl methyl sites for hydroxylation is 1. The van der Waals surface area contributed by atoms with Crippen molar-refractivity contribution in [1.29, 1.82) is 0 Å². The van der Waals surface area contributed by atoms with Crippen LogP contribution in [0.15, 0.2) is 54.7 Å². The Kier molecular flexibility index (Phi) is 5.73. The number of anilines is 1. The van der Waals surface area contributed by atoms with Crippen LogP contribution < -0.4 is 5.32 Å². The van der Waals surface area contributed by atoms with Crippen molar-refractivity contribution < 1.29 is 29.3 Å². The lowest BCUT2D eigenvalue weighted by Gasteiger charge is -2.21. The zero-order chi connectivity index (χ0) is 24.7. The van der Waals surface area contributed by atoms with Crippen LogP contribution >= 0.6 is 0 Å². The monoisotopic (exact) mass is 476 g/mol. The smallest absolute Gasteiger partial charge is 0.412 e. The largest absolute Gasteiger partial charge is 0.480 e. The van der Waals surface area contributed by atoms with Gasteiger partial charge in [0.05, 0.1) is 6.10 Å². The molecule has 2 amide bonds. The summed E-state index contributed by atoms with van der Waals surface area (Å²) < 4.78 is 6.87. The Morgan fingerprint density at radius 1 is 1.09 bits per heavy atom. The minimum absolute atomic E-state index is 0.0151. The summed E-state index contributed by atoms with van der Waals surface area (Å²) in [7, 11) is 1.58. The molecule has 10 heteroatoms. The molecule has 0 bridgehead atoms. The zero-order valence-corrected chi connectivity index (χ0v) is 18.9. The first-order valence-corrected chi connectivity index (χ1v) is 11.2. The molecule has 1 fully saturated rings. The number of aliphatic hydroxyl groups excluding tert-OH is 1. The van der Waals surface area contributed by atoms with Crippen LogP contribution in [0.25, 0.3) is 11.1 Å². The summed E-state index contributed by atoms with van der Waals surface area (Å²) in [4.78, 5) is 38.4. The number of amides is 2. The molecule has 1 aromatic heterocycles. The van der Waals surface area contributed by atoms with E-state index in [4.69, 9.17) is 4.74 Å². The van der Waals surface area contributed by atoms with Gasteiger partial charge in [0.15, 0.2) is 5.82 Å². The van der Waals surface area contributed by atoms with E-state index in [2.05, 4.69) is 10.4 Å². The molecule has 1 aliphatic carbocycles. The highest BCUT2D eigenvalue weighted by molar-refractivity contribution is 6.03. The fraction of sp³-hybridized carbons (Fsp3) is 0.280. The van der Waals surface area contributed by atoms with Crippen LogP contribution in [-0.4, -0.2) is 68.2 Å². The highest BCUT2D eigenvalue weighted by Crippen LogP contribution is 2.44. The minimum atomic E-state index is -1.20. The number of carboxylic acids is 1. The first kappa shape index (κ1) is 22.6. The molecule has 2 aromatic carbocycles. The molecule has 2 atom stereocenters. The first-order chi connectivity index (χ1) is 16.8.